The van der Waals surface area contributed by atoms with Crippen molar-refractivity contribution in [2.24, 2.45) is 5.92 Å². The third-order valence-electron chi connectivity index (χ3n) is 2.02. The molecule has 1 aliphatic carbocycles. The van der Waals surface area contributed by atoms with Crippen LogP contribution in [0.5, 0.6) is 0 Å². The number of aldehydes is 1. The summed E-state index contributed by atoms with van der Waals surface area (Å²) in [5.74, 6) is 0.619. The first-order valence-corrected chi connectivity index (χ1v) is 3.92. The molecule has 1 aliphatic rings. The topological polar surface area (TPSA) is 26.3 Å². The number of ether oxygens (including phenoxy) is 1. The summed E-state index contributed by atoms with van der Waals surface area (Å²) in [4.78, 5) is 10.0. The molecule has 1 rings (SSSR count). The maximum Gasteiger partial charge on any atom is 0.120 e. The second kappa shape index (κ2) is 3.71. The molecule has 0 amide bonds. The Bertz CT molecular complexity index is 106. The van der Waals surface area contributed by atoms with Gasteiger partial charge in [-0.1, -0.05) is 0 Å². The third-order valence-corrected chi connectivity index (χ3v) is 2.02. The third kappa shape index (κ3) is 1.81. The van der Waals surface area contributed by atoms with Crippen molar-refractivity contribution < 1.29 is 9.53 Å². The molecule has 1 saturated carbocycles. The quantitative estimate of drug-likeness (QED) is 0.554. The molecule has 58 valence electrons. The van der Waals surface area contributed by atoms with Gasteiger partial charge in [-0.05, 0) is 25.7 Å². The van der Waals surface area contributed by atoms with Crippen molar-refractivity contribution in [2.45, 2.75) is 32.3 Å². The average molecular weight is 142 g/mol. The Morgan fingerprint density at radius 3 is 2.80 bits per heavy atom. The lowest BCUT2D eigenvalue weighted by Crippen LogP contribution is -2.31. The van der Waals surface area contributed by atoms with Gasteiger partial charge in [-0.3, -0.25) is 0 Å². The zero-order valence-electron chi connectivity index (χ0n) is 6.38. The lowest BCUT2D eigenvalue weighted by molar-refractivity contribution is -0.110. The maximum absolute atomic E-state index is 10.0. The number of hydrogen-bond acceptors (Lipinski definition) is 2. The van der Waals surface area contributed by atoms with Crippen molar-refractivity contribution >= 4 is 6.29 Å². The van der Waals surface area contributed by atoms with Crippen molar-refractivity contribution in [1.29, 1.82) is 0 Å². The summed E-state index contributed by atoms with van der Waals surface area (Å²) in [7, 11) is 0. The van der Waals surface area contributed by atoms with Gasteiger partial charge in [0, 0.05) is 13.0 Å². The van der Waals surface area contributed by atoms with Crippen molar-refractivity contribution in [3.05, 3.63) is 0 Å². The fraction of sp³-hybridized carbons (Fsp3) is 0.875. The number of hydrogen-bond donors (Lipinski definition) is 0. The molecule has 0 aromatic heterocycles. The van der Waals surface area contributed by atoms with Gasteiger partial charge >= 0.3 is 0 Å². The van der Waals surface area contributed by atoms with E-state index in [0.29, 0.717) is 12.0 Å². The first-order chi connectivity index (χ1) is 4.86. The molecular weight excluding hydrogens is 128 g/mol. The van der Waals surface area contributed by atoms with Gasteiger partial charge in [0.05, 0.1) is 6.10 Å². The molecular formula is C8H14O2. The first-order valence-electron chi connectivity index (χ1n) is 3.92. The summed E-state index contributed by atoms with van der Waals surface area (Å²) in [6.45, 7) is 2.81. The Labute approximate surface area is 61.6 Å². The molecule has 0 radical (unpaired) electrons. The van der Waals surface area contributed by atoms with E-state index in [9.17, 15) is 4.79 Å². The zero-order chi connectivity index (χ0) is 7.40. The molecule has 2 heteroatoms. The minimum atomic E-state index is 0.454. The van der Waals surface area contributed by atoms with Gasteiger partial charge in [-0.25, -0.2) is 0 Å². The highest BCUT2D eigenvalue weighted by molar-refractivity contribution is 5.50. The molecule has 0 spiro atoms. The molecule has 2 nitrogen and oxygen atoms in total. The summed E-state index contributed by atoms with van der Waals surface area (Å²) in [6, 6.07) is 0. The molecule has 0 atom stereocenters. The van der Waals surface area contributed by atoms with E-state index in [1.807, 2.05) is 6.92 Å². The van der Waals surface area contributed by atoms with Gasteiger partial charge in [-0.2, -0.15) is 0 Å². The SMILES string of the molecule is CCOC1CC(CC=O)C1. The molecule has 0 bridgehead atoms. The highest BCUT2D eigenvalue weighted by Crippen LogP contribution is 2.31. The summed E-state index contributed by atoms with van der Waals surface area (Å²) in [5, 5.41) is 0. The van der Waals surface area contributed by atoms with Crippen LogP contribution in [0.25, 0.3) is 0 Å². The van der Waals surface area contributed by atoms with Crippen LogP contribution >= 0.6 is 0 Å². The van der Waals surface area contributed by atoms with Crippen molar-refractivity contribution in [1.82, 2.24) is 0 Å². The highest BCUT2D eigenvalue weighted by Gasteiger charge is 2.28. The van der Waals surface area contributed by atoms with E-state index in [-0.39, 0.29) is 0 Å². The fourth-order valence-corrected chi connectivity index (χ4v) is 1.37. The van der Waals surface area contributed by atoms with E-state index in [4.69, 9.17) is 4.74 Å². The van der Waals surface area contributed by atoms with Crippen LogP contribution in [0.2, 0.25) is 0 Å². The predicted molar refractivity (Wildman–Crippen MR) is 38.8 cm³/mol. The van der Waals surface area contributed by atoms with E-state index in [1.165, 1.54) is 0 Å². The lowest BCUT2D eigenvalue weighted by atomic mass is 9.80. The molecule has 1 fully saturated rings. The van der Waals surface area contributed by atoms with Crippen LogP contribution in [0.3, 0.4) is 0 Å². The van der Waals surface area contributed by atoms with E-state index in [0.717, 1.165) is 32.2 Å². The van der Waals surface area contributed by atoms with E-state index in [2.05, 4.69) is 0 Å². The minimum Gasteiger partial charge on any atom is -0.378 e. The number of carbonyl (C=O) groups is 1. The van der Waals surface area contributed by atoms with E-state index >= 15 is 0 Å². The van der Waals surface area contributed by atoms with Crippen LogP contribution < -0.4 is 0 Å². The van der Waals surface area contributed by atoms with Gasteiger partial charge in [0.1, 0.15) is 6.29 Å². The molecule has 0 N–H and O–H groups in total. The van der Waals surface area contributed by atoms with E-state index in [1.54, 1.807) is 0 Å². The molecule has 0 unspecified atom stereocenters. The Balaban J connectivity index is 2.00. The van der Waals surface area contributed by atoms with Crippen molar-refractivity contribution in [3.8, 4) is 0 Å². The van der Waals surface area contributed by atoms with Crippen LogP contribution in [0.1, 0.15) is 26.2 Å². The van der Waals surface area contributed by atoms with Gasteiger partial charge in [0.25, 0.3) is 0 Å². The van der Waals surface area contributed by atoms with Crippen LogP contribution in [-0.4, -0.2) is 19.0 Å². The highest BCUT2D eigenvalue weighted by atomic mass is 16.5. The molecule has 0 aliphatic heterocycles. The monoisotopic (exact) mass is 142 g/mol. The van der Waals surface area contributed by atoms with Gasteiger partial charge in [-0.15, -0.1) is 0 Å². The van der Waals surface area contributed by atoms with Gasteiger partial charge < -0.3 is 9.53 Å². The number of carbonyl (C=O) groups excluding carboxylic acids is 1. The van der Waals surface area contributed by atoms with Crippen LogP contribution in [0.15, 0.2) is 0 Å². The Hall–Kier alpha value is -0.370. The fourth-order valence-electron chi connectivity index (χ4n) is 1.37. The largest absolute Gasteiger partial charge is 0.378 e. The Morgan fingerprint density at radius 1 is 1.60 bits per heavy atom. The zero-order valence-corrected chi connectivity index (χ0v) is 6.38. The summed E-state index contributed by atoms with van der Waals surface area (Å²) < 4.78 is 5.34. The van der Waals surface area contributed by atoms with Gasteiger partial charge in [0.2, 0.25) is 0 Å². The second-order valence-corrected chi connectivity index (χ2v) is 2.82. The Kier molecular flexibility index (Phi) is 2.87. The van der Waals surface area contributed by atoms with Crippen LogP contribution in [-0.2, 0) is 9.53 Å². The summed E-state index contributed by atoms with van der Waals surface area (Å²) >= 11 is 0. The van der Waals surface area contributed by atoms with Crippen LogP contribution in [0.4, 0.5) is 0 Å². The molecule has 0 saturated heterocycles. The summed E-state index contributed by atoms with van der Waals surface area (Å²) in [6.07, 6.45) is 4.37. The molecule has 0 heterocycles. The molecule has 10 heavy (non-hydrogen) atoms. The van der Waals surface area contributed by atoms with Gasteiger partial charge in [0.15, 0.2) is 0 Å². The molecule has 0 aromatic rings. The normalized spacial score (nSPS) is 31.3. The lowest BCUT2D eigenvalue weighted by Gasteiger charge is -2.33. The Morgan fingerprint density at radius 2 is 2.30 bits per heavy atom. The molecule has 0 aromatic carbocycles. The van der Waals surface area contributed by atoms with Crippen molar-refractivity contribution in [2.75, 3.05) is 6.61 Å². The minimum absolute atomic E-state index is 0.454. The summed E-state index contributed by atoms with van der Waals surface area (Å²) in [5.41, 5.74) is 0. The average Bonchev–Trinajstić information content (AvgIpc) is 1.84. The second-order valence-electron chi connectivity index (χ2n) is 2.82. The maximum atomic E-state index is 10.0. The predicted octanol–water partition coefficient (Wildman–Crippen LogP) is 1.39. The number of rotatable bonds is 4. The van der Waals surface area contributed by atoms with E-state index < -0.39 is 0 Å². The van der Waals surface area contributed by atoms with Crippen LogP contribution in [0, 0.1) is 5.92 Å². The first kappa shape index (κ1) is 7.73. The van der Waals surface area contributed by atoms with Crippen molar-refractivity contribution in [3.63, 3.8) is 0 Å². The standard InChI is InChI=1S/C8H14O2/c1-2-10-8-5-7(6-8)3-4-9/h4,7-8H,2-3,5-6H2,1H3. The smallest absolute Gasteiger partial charge is 0.120 e.